The number of piperidine rings is 1. The average molecular weight is 1010 g/mol. The summed E-state index contributed by atoms with van der Waals surface area (Å²) in [6.45, 7) is 7.99. The predicted molar refractivity (Wildman–Crippen MR) is 293 cm³/mol. The van der Waals surface area contributed by atoms with E-state index in [2.05, 4.69) is 126 Å². The minimum atomic E-state index is -0.290. The third-order valence-electron chi connectivity index (χ3n) is 18.5. The number of hydrogen-bond acceptors (Lipinski definition) is 8. The van der Waals surface area contributed by atoms with E-state index < -0.39 is 0 Å². The van der Waals surface area contributed by atoms with Crippen molar-refractivity contribution in [2.45, 2.75) is 166 Å². The fourth-order valence-corrected chi connectivity index (χ4v) is 15.9. The smallest absolute Gasteiger partial charge is 0.119 e. The Balaban J connectivity index is 0.000000291. The molecule has 4 aromatic rings. The van der Waals surface area contributed by atoms with Crippen molar-refractivity contribution in [2.75, 3.05) is 46.1 Å². The Kier molecular flexibility index (Phi) is 19.6. The highest BCUT2D eigenvalue weighted by atomic mass is 16.6. The molecule has 400 valence electrons. The second-order valence-corrected chi connectivity index (χ2v) is 24.6. The fourth-order valence-electron chi connectivity index (χ4n) is 15.9. The molecule has 74 heavy (non-hydrogen) atoms. The third-order valence-corrected chi connectivity index (χ3v) is 18.5. The molecule has 1 saturated heterocycles. The molecule has 0 amide bonds. The first-order chi connectivity index (χ1) is 36.5. The Hall–Kier alpha value is -3.73. The van der Waals surface area contributed by atoms with Gasteiger partial charge in [0.05, 0.1) is 58.4 Å². The Labute approximate surface area is 444 Å². The molecule has 0 spiro atoms. The Morgan fingerprint density at radius 2 is 0.851 bits per heavy atom. The summed E-state index contributed by atoms with van der Waals surface area (Å²) in [4.78, 5) is 12.8. The van der Waals surface area contributed by atoms with Gasteiger partial charge in [-0.15, -0.1) is 0 Å². The average Bonchev–Trinajstić information content (AvgIpc) is 3.41. The number of hydrogen-bond donors (Lipinski definition) is 0. The second kappa shape index (κ2) is 27.0. The lowest BCUT2D eigenvalue weighted by Crippen LogP contribution is -2.64. The number of benzene rings is 4. The molecule has 9 fully saturated rings. The van der Waals surface area contributed by atoms with Gasteiger partial charge in [0.1, 0.15) is 18.5 Å². The summed E-state index contributed by atoms with van der Waals surface area (Å²) in [6.07, 6.45) is 23.9. The topological polar surface area (TPSA) is 75.7 Å². The summed E-state index contributed by atoms with van der Waals surface area (Å²) in [5, 5.41) is 0. The molecule has 8 bridgehead atoms. The molecule has 8 nitrogen and oxygen atoms in total. The van der Waals surface area contributed by atoms with Gasteiger partial charge in [-0.05, 0) is 184 Å². The van der Waals surface area contributed by atoms with Crippen molar-refractivity contribution >= 4 is 6.29 Å². The van der Waals surface area contributed by atoms with Crippen molar-refractivity contribution in [2.24, 2.45) is 46.3 Å². The Morgan fingerprint density at radius 1 is 0.446 bits per heavy atom. The van der Waals surface area contributed by atoms with Gasteiger partial charge in [-0.25, -0.2) is 0 Å². The van der Waals surface area contributed by atoms with E-state index in [1.54, 1.807) is 0 Å². The third kappa shape index (κ3) is 15.1. The van der Waals surface area contributed by atoms with Gasteiger partial charge in [-0.2, -0.15) is 0 Å². The number of likely N-dealkylation sites (tertiary alicyclic amines) is 1. The van der Waals surface area contributed by atoms with Gasteiger partial charge in [-0.1, -0.05) is 121 Å². The van der Waals surface area contributed by atoms with E-state index in [0.29, 0.717) is 50.3 Å². The van der Waals surface area contributed by atoms with Crippen LogP contribution in [0.3, 0.4) is 0 Å². The van der Waals surface area contributed by atoms with Crippen LogP contribution in [0.1, 0.15) is 138 Å². The second-order valence-electron chi connectivity index (χ2n) is 24.6. The summed E-state index contributed by atoms with van der Waals surface area (Å²) in [7, 11) is 0. The van der Waals surface area contributed by atoms with Gasteiger partial charge in [0.25, 0.3) is 0 Å². The van der Waals surface area contributed by atoms with Crippen LogP contribution >= 0.6 is 0 Å². The van der Waals surface area contributed by atoms with E-state index in [1.165, 1.54) is 82.6 Å². The number of rotatable bonds is 28. The maximum Gasteiger partial charge on any atom is 0.119 e. The zero-order chi connectivity index (χ0) is 50.3. The van der Waals surface area contributed by atoms with Crippen LogP contribution in [0.25, 0.3) is 0 Å². The monoisotopic (exact) mass is 1010 g/mol. The standard InChI is InChI=1S/C50H63NO5.C16H26O2/c1-6-16-39(17-7-1)33-53-37-46-48(55-35-41-20-10-3-11-21-41)49(56-36-42-22-12-4-13-23-42)47(54-34-40-18-8-2-9-19-40)32-51(46)24-14-5-15-25-52-38-50-29-43-26-44(30-50)28-45(27-43)31-50;17-4-2-1-3-5-18-12-16-9-13-6-14(10-16)8-15(7-13)11-16/h1-4,6-13,16-23,43-49H,5,14-15,24-38H2;4,13-15H,1-3,5-12H2/t43?,44?,45?,46-,47+,48-,49-,50?;/m0./s1. The Morgan fingerprint density at radius 3 is 1.30 bits per heavy atom. The molecule has 0 N–H and O–H groups in total. The number of ether oxygens (including phenoxy) is 6. The van der Waals surface area contributed by atoms with Gasteiger partial charge in [0, 0.05) is 26.2 Å². The molecule has 0 radical (unpaired) electrons. The zero-order valence-corrected chi connectivity index (χ0v) is 44.7. The minimum Gasteiger partial charge on any atom is -0.381 e. The molecule has 0 unspecified atom stereocenters. The van der Waals surface area contributed by atoms with Crippen molar-refractivity contribution in [3.05, 3.63) is 144 Å². The first kappa shape index (κ1) is 53.7. The maximum absolute atomic E-state index is 10.2. The molecule has 8 saturated carbocycles. The summed E-state index contributed by atoms with van der Waals surface area (Å²) >= 11 is 0. The van der Waals surface area contributed by atoms with Crippen LogP contribution in [0.15, 0.2) is 121 Å². The molecule has 4 atom stereocenters. The lowest BCUT2D eigenvalue weighted by Gasteiger charge is -2.56. The largest absolute Gasteiger partial charge is 0.381 e. The SMILES string of the molecule is O=CCCCCOCC12CC3CC(CC(C3)C1)C2.c1ccc(COC[C@H]2[C@H](OCc3ccccc3)[C@@H](OCc3ccccc3)[C@H](OCc3ccccc3)CN2CCCCCOCC23CC4CC(CC(C4)C2)C3)cc1. The van der Waals surface area contributed by atoms with Gasteiger partial charge >= 0.3 is 0 Å². The highest BCUT2D eigenvalue weighted by Crippen LogP contribution is 2.61. The lowest BCUT2D eigenvalue weighted by atomic mass is 9.50. The molecular formula is C66H89NO7. The summed E-state index contributed by atoms with van der Waals surface area (Å²) < 4.78 is 39.8. The van der Waals surface area contributed by atoms with Crippen LogP contribution in [0.4, 0.5) is 0 Å². The highest BCUT2D eigenvalue weighted by molar-refractivity contribution is 5.48. The number of carbonyl (C=O) groups excluding carboxylic acids is 1. The Bertz CT molecular complexity index is 2150. The molecule has 1 aliphatic heterocycles. The van der Waals surface area contributed by atoms with Crippen molar-refractivity contribution < 1.29 is 33.2 Å². The van der Waals surface area contributed by atoms with Crippen LogP contribution in [0.5, 0.6) is 0 Å². The molecule has 1 heterocycles. The predicted octanol–water partition coefficient (Wildman–Crippen LogP) is 13.6. The van der Waals surface area contributed by atoms with Crippen LogP contribution in [0.2, 0.25) is 0 Å². The van der Waals surface area contributed by atoms with Crippen molar-refractivity contribution in [1.29, 1.82) is 0 Å². The lowest BCUT2D eigenvalue weighted by molar-refractivity contribution is -0.210. The summed E-state index contributed by atoms with van der Waals surface area (Å²) in [6, 6.07) is 41.9. The van der Waals surface area contributed by atoms with Crippen molar-refractivity contribution in [3.63, 3.8) is 0 Å². The van der Waals surface area contributed by atoms with Gasteiger partial charge in [0.15, 0.2) is 0 Å². The van der Waals surface area contributed by atoms with E-state index >= 15 is 0 Å². The van der Waals surface area contributed by atoms with Crippen LogP contribution in [-0.2, 0) is 59.6 Å². The highest BCUT2D eigenvalue weighted by Gasteiger charge is 2.52. The number of unbranched alkanes of at least 4 members (excludes halogenated alkanes) is 4. The van der Waals surface area contributed by atoms with Crippen LogP contribution < -0.4 is 0 Å². The first-order valence-electron chi connectivity index (χ1n) is 29.4. The molecule has 8 aliphatic carbocycles. The molecular weight excluding hydrogens is 919 g/mol. The molecule has 4 aromatic carbocycles. The molecule has 13 rings (SSSR count). The van der Waals surface area contributed by atoms with Crippen LogP contribution in [-0.4, -0.2) is 81.7 Å². The van der Waals surface area contributed by atoms with E-state index in [0.717, 1.165) is 130 Å². The molecule has 8 heteroatoms. The first-order valence-corrected chi connectivity index (χ1v) is 29.4. The zero-order valence-electron chi connectivity index (χ0n) is 44.7. The molecule has 9 aliphatic rings. The normalized spacial score (nSPS) is 31.6. The summed E-state index contributed by atoms with van der Waals surface area (Å²) in [5.41, 5.74) is 5.65. The quantitative estimate of drug-likeness (QED) is 0.0411. The van der Waals surface area contributed by atoms with E-state index in [1.807, 2.05) is 0 Å². The van der Waals surface area contributed by atoms with E-state index in [-0.39, 0.29) is 24.4 Å². The van der Waals surface area contributed by atoms with Gasteiger partial charge in [0.2, 0.25) is 0 Å². The minimum absolute atomic E-state index is 0.00731. The van der Waals surface area contributed by atoms with E-state index in [4.69, 9.17) is 28.4 Å². The van der Waals surface area contributed by atoms with Crippen molar-refractivity contribution in [1.82, 2.24) is 4.90 Å². The number of aldehydes is 1. The van der Waals surface area contributed by atoms with Crippen molar-refractivity contribution in [3.8, 4) is 0 Å². The summed E-state index contributed by atoms with van der Waals surface area (Å²) in [5.74, 6) is 6.00. The van der Waals surface area contributed by atoms with Gasteiger partial charge in [-0.3, -0.25) is 4.90 Å². The maximum atomic E-state index is 10.2. The van der Waals surface area contributed by atoms with Gasteiger partial charge < -0.3 is 33.2 Å². The van der Waals surface area contributed by atoms with E-state index in [9.17, 15) is 4.79 Å². The fraction of sp³-hybridized carbons (Fsp3) is 0.621. The number of nitrogens with zero attached hydrogens (tertiary/aromatic N) is 1. The number of carbonyl (C=O) groups is 1. The molecule has 0 aromatic heterocycles. The van der Waals surface area contributed by atoms with Crippen LogP contribution in [0, 0.1) is 46.3 Å².